The second-order valence-corrected chi connectivity index (χ2v) is 4.63. The van der Waals surface area contributed by atoms with Gasteiger partial charge in [-0.3, -0.25) is 0 Å². The fourth-order valence-corrected chi connectivity index (χ4v) is 2.00. The molecule has 0 aliphatic rings. The minimum atomic E-state index is -0.193. The lowest BCUT2D eigenvalue weighted by molar-refractivity contribution is 0.255. The Morgan fingerprint density at radius 2 is 1.77 bits per heavy atom. The van der Waals surface area contributed by atoms with Crippen LogP contribution in [0.1, 0.15) is 24.7 Å². The van der Waals surface area contributed by atoms with Crippen molar-refractivity contribution in [3.05, 3.63) is 35.7 Å². The summed E-state index contributed by atoms with van der Waals surface area (Å²) >= 11 is 0. The van der Waals surface area contributed by atoms with Crippen molar-refractivity contribution in [1.82, 2.24) is 15.0 Å². The fraction of sp³-hybridized carbons (Fsp3) is 0.467. The van der Waals surface area contributed by atoms with E-state index in [1.165, 1.54) is 0 Å². The molecule has 1 aromatic heterocycles. The van der Waals surface area contributed by atoms with E-state index >= 15 is 0 Å². The van der Waals surface area contributed by atoms with Crippen LogP contribution in [0.3, 0.4) is 0 Å². The molecule has 2 aromatic rings. The fourth-order valence-electron chi connectivity index (χ4n) is 2.00. The van der Waals surface area contributed by atoms with Gasteiger partial charge in [-0.2, -0.15) is 0 Å². The molecule has 2 rings (SSSR count). The summed E-state index contributed by atoms with van der Waals surface area (Å²) < 4.78 is 12.7. The average molecular weight is 307 g/mol. The van der Waals surface area contributed by atoms with Crippen molar-refractivity contribution in [1.29, 1.82) is 0 Å². The van der Waals surface area contributed by atoms with Gasteiger partial charge in [0.25, 0.3) is 0 Å². The molecular formula is C15H21N3O4. The molecule has 0 bridgehead atoms. The zero-order valence-corrected chi connectivity index (χ0v) is 12.6. The van der Waals surface area contributed by atoms with Crippen LogP contribution in [0.4, 0.5) is 0 Å². The maximum atomic E-state index is 9.31. The number of aliphatic hydroxyl groups excluding tert-OH is 2. The Kier molecular flexibility index (Phi) is 6.17. The van der Waals surface area contributed by atoms with Gasteiger partial charge in [0.1, 0.15) is 29.5 Å². The molecule has 0 amide bonds. The molecule has 0 spiro atoms. The number of benzene rings is 1. The van der Waals surface area contributed by atoms with E-state index in [2.05, 4.69) is 10.3 Å². The van der Waals surface area contributed by atoms with Gasteiger partial charge in [-0.1, -0.05) is 5.21 Å². The molecular weight excluding hydrogens is 286 g/mol. The molecule has 0 aliphatic heterocycles. The highest BCUT2D eigenvalue weighted by Crippen LogP contribution is 2.19. The summed E-state index contributed by atoms with van der Waals surface area (Å²) in [6, 6.07) is 7.33. The van der Waals surface area contributed by atoms with E-state index < -0.39 is 0 Å². The Morgan fingerprint density at radius 1 is 1.09 bits per heavy atom. The zero-order chi connectivity index (χ0) is 15.8. The Balaban J connectivity index is 2.01. The maximum Gasteiger partial charge on any atom is 0.132 e. The SMILES string of the molecule is CCOc1ccc(OCc2c(CO)nnn2CCCO)cc1. The first-order valence-electron chi connectivity index (χ1n) is 7.27. The molecule has 2 N–H and O–H groups in total. The van der Waals surface area contributed by atoms with Crippen LogP contribution in [-0.4, -0.2) is 38.4 Å². The maximum absolute atomic E-state index is 9.31. The lowest BCUT2D eigenvalue weighted by atomic mass is 10.3. The number of aryl methyl sites for hydroxylation is 1. The van der Waals surface area contributed by atoms with Crippen LogP contribution in [-0.2, 0) is 19.8 Å². The van der Waals surface area contributed by atoms with Gasteiger partial charge in [0.2, 0.25) is 0 Å². The number of aromatic nitrogens is 3. The predicted octanol–water partition coefficient (Wildman–Crippen LogP) is 1.13. The van der Waals surface area contributed by atoms with Crippen molar-refractivity contribution in [3.8, 4) is 11.5 Å². The Bertz CT molecular complexity index is 569. The second-order valence-electron chi connectivity index (χ2n) is 4.63. The van der Waals surface area contributed by atoms with E-state index in [1.54, 1.807) is 4.68 Å². The number of aliphatic hydroxyl groups is 2. The van der Waals surface area contributed by atoms with Crippen LogP contribution < -0.4 is 9.47 Å². The molecule has 7 heteroatoms. The molecule has 1 aromatic carbocycles. The molecule has 0 radical (unpaired) electrons. The first kappa shape index (κ1) is 16.3. The van der Waals surface area contributed by atoms with Crippen molar-refractivity contribution in [2.24, 2.45) is 0 Å². The van der Waals surface area contributed by atoms with E-state index in [4.69, 9.17) is 14.6 Å². The molecule has 7 nitrogen and oxygen atoms in total. The summed E-state index contributed by atoms with van der Waals surface area (Å²) in [6.45, 7) is 3.22. The quantitative estimate of drug-likeness (QED) is 0.722. The van der Waals surface area contributed by atoms with E-state index in [0.29, 0.717) is 36.7 Å². The van der Waals surface area contributed by atoms with Crippen LogP contribution in [0.2, 0.25) is 0 Å². The van der Waals surface area contributed by atoms with Crippen LogP contribution >= 0.6 is 0 Å². The minimum absolute atomic E-state index is 0.0769. The summed E-state index contributed by atoms with van der Waals surface area (Å²) in [6.07, 6.45) is 0.574. The van der Waals surface area contributed by atoms with Gasteiger partial charge in [-0.05, 0) is 37.6 Å². The highest BCUT2D eigenvalue weighted by Gasteiger charge is 2.12. The molecule has 0 aliphatic carbocycles. The number of hydrogen-bond acceptors (Lipinski definition) is 6. The number of nitrogens with zero attached hydrogens (tertiary/aromatic N) is 3. The van der Waals surface area contributed by atoms with E-state index in [-0.39, 0.29) is 19.8 Å². The monoisotopic (exact) mass is 307 g/mol. The standard InChI is InChI=1S/C15H21N3O4/c1-2-21-12-4-6-13(7-5-12)22-11-15-14(10-20)16-17-18(15)8-3-9-19/h4-7,19-20H,2-3,8-11H2,1H3. The molecule has 0 saturated heterocycles. The van der Waals surface area contributed by atoms with Crippen molar-refractivity contribution in [2.75, 3.05) is 13.2 Å². The summed E-state index contributed by atoms with van der Waals surface area (Å²) in [7, 11) is 0. The van der Waals surface area contributed by atoms with E-state index in [0.717, 1.165) is 5.75 Å². The van der Waals surface area contributed by atoms with E-state index in [9.17, 15) is 5.11 Å². The molecule has 0 fully saturated rings. The molecule has 0 saturated carbocycles. The molecule has 0 atom stereocenters. The zero-order valence-electron chi connectivity index (χ0n) is 12.6. The topological polar surface area (TPSA) is 89.6 Å². The lowest BCUT2D eigenvalue weighted by Crippen LogP contribution is -2.10. The van der Waals surface area contributed by atoms with Gasteiger partial charge in [0.15, 0.2) is 0 Å². The number of rotatable bonds is 9. The lowest BCUT2D eigenvalue weighted by Gasteiger charge is -2.10. The smallest absolute Gasteiger partial charge is 0.132 e. The minimum Gasteiger partial charge on any atom is -0.494 e. The van der Waals surface area contributed by atoms with Crippen molar-refractivity contribution in [3.63, 3.8) is 0 Å². The normalized spacial score (nSPS) is 10.7. The Labute approximate surface area is 129 Å². The van der Waals surface area contributed by atoms with Crippen LogP contribution in [0.15, 0.2) is 24.3 Å². The Morgan fingerprint density at radius 3 is 2.36 bits per heavy atom. The predicted molar refractivity (Wildman–Crippen MR) is 79.6 cm³/mol. The van der Waals surface area contributed by atoms with Gasteiger partial charge >= 0.3 is 0 Å². The van der Waals surface area contributed by atoms with E-state index in [1.807, 2.05) is 31.2 Å². The first-order valence-corrected chi connectivity index (χ1v) is 7.27. The molecule has 22 heavy (non-hydrogen) atoms. The Hall–Kier alpha value is -2.12. The van der Waals surface area contributed by atoms with Crippen LogP contribution in [0.5, 0.6) is 11.5 Å². The summed E-state index contributed by atoms with van der Waals surface area (Å²) in [4.78, 5) is 0. The summed E-state index contributed by atoms with van der Waals surface area (Å²) in [5.74, 6) is 1.49. The average Bonchev–Trinajstić information content (AvgIpc) is 2.94. The van der Waals surface area contributed by atoms with Crippen molar-refractivity contribution >= 4 is 0 Å². The molecule has 1 heterocycles. The molecule has 0 unspecified atom stereocenters. The highest BCUT2D eigenvalue weighted by molar-refractivity contribution is 5.31. The van der Waals surface area contributed by atoms with Crippen molar-refractivity contribution < 1.29 is 19.7 Å². The van der Waals surface area contributed by atoms with Gasteiger partial charge in [0.05, 0.1) is 13.2 Å². The van der Waals surface area contributed by atoms with Crippen LogP contribution in [0.25, 0.3) is 0 Å². The highest BCUT2D eigenvalue weighted by atomic mass is 16.5. The first-order chi connectivity index (χ1) is 10.8. The third-order valence-corrected chi connectivity index (χ3v) is 3.11. The van der Waals surface area contributed by atoms with Gasteiger partial charge in [-0.15, -0.1) is 5.10 Å². The van der Waals surface area contributed by atoms with Gasteiger partial charge < -0.3 is 19.7 Å². The summed E-state index contributed by atoms with van der Waals surface area (Å²) in [5.41, 5.74) is 1.20. The number of hydrogen-bond donors (Lipinski definition) is 2. The van der Waals surface area contributed by atoms with Gasteiger partial charge in [-0.25, -0.2) is 4.68 Å². The van der Waals surface area contributed by atoms with Crippen LogP contribution in [0, 0.1) is 0 Å². The van der Waals surface area contributed by atoms with Gasteiger partial charge in [0, 0.05) is 13.2 Å². The third-order valence-electron chi connectivity index (χ3n) is 3.11. The van der Waals surface area contributed by atoms with Crippen molar-refractivity contribution in [2.45, 2.75) is 33.1 Å². The number of ether oxygens (including phenoxy) is 2. The second kappa shape index (κ2) is 8.35. The largest absolute Gasteiger partial charge is 0.494 e. The molecule has 120 valence electrons. The summed E-state index contributed by atoms with van der Waals surface area (Å²) in [5, 5.41) is 26.1. The third kappa shape index (κ3) is 4.19.